The highest BCUT2D eigenvalue weighted by Gasteiger charge is 2.30. The van der Waals surface area contributed by atoms with Crippen LogP contribution < -0.4 is 10.5 Å². The molecule has 0 amide bonds. The number of nitrogens with two attached hydrogens (primary N) is 1. The average Bonchev–Trinajstić information content (AvgIpc) is 2.91. The Morgan fingerprint density at radius 3 is 2.43 bits per heavy atom. The summed E-state index contributed by atoms with van der Waals surface area (Å²) in [6, 6.07) is 2.02. The van der Waals surface area contributed by atoms with Crippen LogP contribution in [0.3, 0.4) is 0 Å². The van der Waals surface area contributed by atoms with Crippen molar-refractivity contribution in [1.29, 1.82) is 5.26 Å². The third kappa shape index (κ3) is 4.35. The summed E-state index contributed by atoms with van der Waals surface area (Å²) in [6.07, 6.45) is 3.50. The first-order valence-corrected chi connectivity index (χ1v) is 9.68. The van der Waals surface area contributed by atoms with Crippen LogP contribution >= 0.6 is 0 Å². The Hall–Kier alpha value is -2.82. The summed E-state index contributed by atoms with van der Waals surface area (Å²) in [5.41, 5.74) is 6.63. The van der Waals surface area contributed by atoms with Gasteiger partial charge in [-0.05, 0) is 12.8 Å². The van der Waals surface area contributed by atoms with Gasteiger partial charge in [-0.3, -0.25) is 0 Å². The van der Waals surface area contributed by atoms with Crippen LogP contribution in [-0.4, -0.2) is 33.8 Å². The standard InChI is InChI=1S/C20H29N5O3/c1-6-8-10-27-18-16(20(3,4)5)24-25-15(19(26)28-11-9-7-2)14(22)13(12-21)17(25)23-18/h6-11,22H2,1-5H3. The summed E-state index contributed by atoms with van der Waals surface area (Å²) in [5, 5.41) is 14.2. The fraction of sp³-hybridized carbons (Fsp3) is 0.600. The number of aromatic nitrogens is 3. The molecule has 2 aromatic heterocycles. The van der Waals surface area contributed by atoms with Gasteiger partial charge in [-0.1, -0.05) is 47.5 Å². The molecule has 2 N–H and O–H groups in total. The van der Waals surface area contributed by atoms with Crippen LogP contribution in [0.2, 0.25) is 0 Å². The Morgan fingerprint density at radius 2 is 1.86 bits per heavy atom. The number of anilines is 1. The van der Waals surface area contributed by atoms with Crippen molar-refractivity contribution in [3.8, 4) is 11.9 Å². The Kier molecular flexibility index (Phi) is 6.84. The molecule has 0 aliphatic heterocycles. The van der Waals surface area contributed by atoms with Gasteiger partial charge < -0.3 is 15.2 Å². The van der Waals surface area contributed by atoms with Crippen LogP contribution in [-0.2, 0) is 10.2 Å². The van der Waals surface area contributed by atoms with E-state index in [1.54, 1.807) is 0 Å². The van der Waals surface area contributed by atoms with Gasteiger partial charge in [0.2, 0.25) is 5.88 Å². The molecule has 8 nitrogen and oxygen atoms in total. The third-order valence-electron chi connectivity index (χ3n) is 4.25. The minimum atomic E-state index is -0.615. The summed E-state index contributed by atoms with van der Waals surface area (Å²) < 4.78 is 12.5. The van der Waals surface area contributed by atoms with Crippen molar-refractivity contribution in [2.24, 2.45) is 0 Å². The molecule has 0 saturated heterocycles. The number of carbonyl (C=O) groups is 1. The molecule has 0 aliphatic rings. The van der Waals surface area contributed by atoms with Gasteiger partial charge in [0.25, 0.3) is 0 Å². The lowest BCUT2D eigenvalue weighted by Gasteiger charge is -2.21. The van der Waals surface area contributed by atoms with Crippen molar-refractivity contribution < 1.29 is 14.3 Å². The number of unbranched alkanes of at least 4 members (excludes halogenated alkanes) is 2. The summed E-state index contributed by atoms with van der Waals surface area (Å²) in [4.78, 5) is 17.1. The lowest BCUT2D eigenvalue weighted by molar-refractivity contribution is 0.0491. The topological polar surface area (TPSA) is 116 Å². The van der Waals surface area contributed by atoms with Gasteiger partial charge in [0.15, 0.2) is 11.3 Å². The Bertz CT molecular complexity index is 890. The van der Waals surface area contributed by atoms with Crippen molar-refractivity contribution in [3.05, 3.63) is 17.0 Å². The predicted octanol–water partition coefficient (Wildman–Crippen LogP) is 3.62. The van der Waals surface area contributed by atoms with Crippen LogP contribution in [0, 0.1) is 11.3 Å². The molecule has 2 aromatic rings. The smallest absolute Gasteiger partial charge is 0.359 e. The number of carbonyl (C=O) groups excluding carboxylic acids is 1. The number of rotatable bonds is 8. The fourth-order valence-electron chi connectivity index (χ4n) is 2.63. The van der Waals surface area contributed by atoms with Gasteiger partial charge >= 0.3 is 5.97 Å². The maximum absolute atomic E-state index is 12.6. The maximum Gasteiger partial charge on any atom is 0.359 e. The van der Waals surface area contributed by atoms with Gasteiger partial charge in [0, 0.05) is 5.41 Å². The van der Waals surface area contributed by atoms with Crippen LogP contribution in [0.4, 0.5) is 5.69 Å². The van der Waals surface area contributed by atoms with Crippen LogP contribution in [0.25, 0.3) is 5.65 Å². The number of ether oxygens (including phenoxy) is 2. The van der Waals surface area contributed by atoms with E-state index in [2.05, 4.69) is 17.0 Å². The fourth-order valence-corrected chi connectivity index (χ4v) is 2.63. The van der Waals surface area contributed by atoms with Crippen molar-refractivity contribution in [2.45, 2.75) is 65.7 Å². The molecule has 0 aliphatic carbocycles. The monoisotopic (exact) mass is 387 g/mol. The molecular weight excluding hydrogens is 358 g/mol. The molecule has 0 atom stereocenters. The largest absolute Gasteiger partial charge is 0.476 e. The number of nitriles is 1. The Morgan fingerprint density at radius 1 is 1.21 bits per heavy atom. The van der Waals surface area contributed by atoms with Gasteiger partial charge in [-0.25, -0.2) is 9.31 Å². The molecular formula is C20H29N5O3. The second kappa shape index (κ2) is 8.91. The maximum atomic E-state index is 12.6. The quantitative estimate of drug-likeness (QED) is 0.543. The minimum absolute atomic E-state index is 0.0227. The molecule has 8 heteroatoms. The number of nitrogen functional groups attached to an aromatic ring is 1. The molecule has 2 rings (SSSR count). The molecule has 152 valence electrons. The second-order valence-electron chi connectivity index (χ2n) is 7.69. The molecule has 0 aromatic carbocycles. The van der Waals surface area contributed by atoms with Gasteiger partial charge in [-0.15, -0.1) is 0 Å². The highest BCUT2D eigenvalue weighted by molar-refractivity contribution is 5.98. The number of hydrogen-bond donors (Lipinski definition) is 1. The number of hydrogen-bond acceptors (Lipinski definition) is 7. The molecule has 28 heavy (non-hydrogen) atoms. The van der Waals surface area contributed by atoms with Gasteiger partial charge in [0.05, 0.1) is 18.9 Å². The van der Waals surface area contributed by atoms with Gasteiger partial charge in [0.1, 0.15) is 17.3 Å². The van der Waals surface area contributed by atoms with E-state index in [0.717, 1.165) is 25.7 Å². The lowest BCUT2D eigenvalue weighted by Crippen LogP contribution is -2.21. The average molecular weight is 387 g/mol. The highest BCUT2D eigenvalue weighted by Crippen LogP contribution is 2.32. The SMILES string of the molecule is CCCCOC(=O)c1c(N)c(C#N)c2nc(OCCCC)c(C(C)(C)C)nn12. The Labute approximate surface area is 165 Å². The molecule has 2 heterocycles. The zero-order valence-electron chi connectivity index (χ0n) is 17.3. The summed E-state index contributed by atoms with van der Waals surface area (Å²) in [6.45, 7) is 10.8. The highest BCUT2D eigenvalue weighted by atomic mass is 16.5. The van der Waals surface area contributed by atoms with Crippen LogP contribution in [0.5, 0.6) is 5.88 Å². The first-order valence-electron chi connectivity index (χ1n) is 9.68. The van der Waals surface area contributed by atoms with E-state index in [1.165, 1.54) is 4.52 Å². The molecule has 0 spiro atoms. The van der Waals surface area contributed by atoms with E-state index in [1.807, 2.05) is 33.8 Å². The van der Waals surface area contributed by atoms with Gasteiger partial charge in [-0.2, -0.15) is 15.3 Å². The summed E-state index contributed by atoms with van der Waals surface area (Å²) in [5.74, 6) is -0.260. The van der Waals surface area contributed by atoms with Crippen molar-refractivity contribution >= 4 is 17.3 Å². The van der Waals surface area contributed by atoms with E-state index < -0.39 is 11.4 Å². The molecule has 0 bridgehead atoms. The second-order valence-corrected chi connectivity index (χ2v) is 7.69. The minimum Gasteiger partial charge on any atom is -0.476 e. The van der Waals surface area contributed by atoms with E-state index in [0.29, 0.717) is 18.2 Å². The van der Waals surface area contributed by atoms with E-state index >= 15 is 0 Å². The van der Waals surface area contributed by atoms with Crippen LogP contribution in [0.1, 0.15) is 82.0 Å². The normalized spacial score (nSPS) is 11.4. The van der Waals surface area contributed by atoms with Crippen LogP contribution in [0.15, 0.2) is 0 Å². The van der Waals surface area contributed by atoms with Crippen molar-refractivity contribution in [3.63, 3.8) is 0 Å². The molecule has 0 radical (unpaired) electrons. The predicted molar refractivity (Wildman–Crippen MR) is 106 cm³/mol. The number of esters is 1. The molecule has 0 fully saturated rings. The first-order chi connectivity index (χ1) is 13.3. The van der Waals surface area contributed by atoms with E-state index in [-0.39, 0.29) is 29.2 Å². The Balaban J connectivity index is 2.64. The lowest BCUT2D eigenvalue weighted by atomic mass is 9.92. The van der Waals surface area contributed by atoms with Crippen molar-refractivity contribution in [1.82, 2.24) is 14.6 Å². The third-order valence-corrected chi connectivity index (χ3v) is 4.25. The van der Waals surface area contributed by atoms with E-state index in [9.17, 15) is 10.1 Å². The zero-order valence-corrected chi connectivity index (χ0v) is 17.3. The molecule has 0 saturated carbocycles. The summed E-state index contributed by atoms with van der Waals surface area (Å²) in [7, 11) is 0. The first kappa shape index (κ1) is 21.5. The van der Waals surface area contributed by atoms with E-state index in [4.69, 9.17) is 15.2 Å². The number of nitrogens with zero attached hydrogens (tertiary/aromatic N) is 4. The number of fused-ring (bicyclic) bond motifs is 1. The molecule has 0 unspecified atom stereocenters. The zero-order chi connectivity index (χ0) is 20.9. The van der Waals surface area contributed by atoms with Crippen molar-refractivity contribution in [2.75, 3.05) is 18.9 Å². The summed E-state index contributed by atoms with van der Waals surface area (Å²) >= 11 is 0.